The Balaban J connectivity index is 1.57. The first-order valence-electron chi connectivity index (χ1n) is 8.00. The van der Waals surface area contributed by atoms with Gasteiger partial charge in [0.15, 0.2) is 5.82 Å². The predicted octanol–water partition coefficient (Wildman–Crippen LogP) is 3.03. The number of nitrogens with one attached hydrogen (secondary N) is 2. The summed E-state index contributed by atoms with van der Waals surface area (Å²) in [6.07, 6.45) is 8.97. The van der Waals surface area contributed by atoms with Crippen LogP contribution < -0.4 is 5.32 Å². The molecule has 6 nitrogen and oxygen atoms in total. The molecule has 0 aromatic carbocycles. The minimum atomic E-state index is -0.0622. The molecule has 3 rings (SSSR count). The molecule has 2 N–H and O–H groups in total. The highest BCUT2D eigenvalue weighted by Crippen LogP contribution is 2.33. The number of amides is 1. The fourth-order valence-electron chi connectivity index (χ4n) is 2.97. The van der Waals surface area contributed by atoms with Gasteiger partial charge in [0.25, 0.3) is 0 Å². The van der Waals surface area contributed by atoms with Crippen molar-refractivity contribution in [1.29, 1.82) is 0 Å². The van der Waals surface area contributed by atoms with Crippen LogP contribution in [0.25, 0.3) is 0 Å². The summed E-state index contributed by atoms with van der Waals surface area (Å²) in [5, 5.41) is 14.4. The van der Waals surface area contributed by atoms with Gasteiger partial charge in [-0.15, -0.1) is 0 Å². The smallest absolute Gasteiger partial charge is 0.230 e. The lowest BCUT2D eigenvalue weighted by Crippen LogP contribution is -2.14. The van der Waals surface area contributed by atoms with Crippen molar-refractivity contribution < 1.29 is 4.79 Å². The van der Waals surface area contributed by atoms with Gasteiger partial charge in [-0.3, -0.25) is 14.6 Å². The van der Waals surface area contributed by atoms with Crippen LogP contribution in [0.4, 0.5) is 5.82 Å². The van der Waals surface area contributed by atoms with Crippen molar-refractivity contribution in [3.8, 4) is 0 Å². The summed E-state index contributed by atoms with van der Waals surface area (Å²) in [7, 11) is 0. The number of anilines is 1. The lowest BCUT2D eigenvalue weighted by molar-refractivity contribution is -0.115. The summed E-state index contributed by atoms with van der Waals surface area (Å²) in [5.41, 5.74) is 2.05. The van der Waals surface area contributed by atoms with E-state index in [0.29, 0.717) is 24.2 Å². The van der Waals surface area contributed by atoms with Gasteiger partial charge in [0.05, 0.1) is 12.6 Å². The standard InChI is InChI=1S/C16H23N5O/c1-11(2)21-10-12(9-17-21)7-16(22)18-15-8-14(19-20-15)13-5-3-4-6-13/h8-11,13H,3-7H2,1-2H3,(H2,18,19,20,22). The first-order valence-corrected chi connectivity index (χ1v) is 8.00. The van der Waals surface area contributed by atoms with Gasteiger partial charge in [-0.2, -0.15) is 10.2 Å². The van der Waals surface area contributed by atoms with E-state index in [0.717, 1.165) is 11.3 Å². The Kier molecular flexibility index (Phi) is 4.27. The van der Waals surface area contributed by atoms with Crippen LogP contribution in [-0.4, -0.2) is 25.9 Å². The van der Waals surface area contributed by atoms with E-state index in [-0.39, 0.29) is 5.91 Å². The first-order chi connectivity index (χ1) is 10.6. The van der Waals surface area contributed by atoms with Gasteiger partial charge in [0.1, 0.15) is 0 Å². The van der Waals surface area contributed by atoms with Gasteiger partial charge >= 0.3 is 0 Å². The average Bonchev–Trinajstić information content (AvgIpc) is 3.18. The van der Waals surface area contributed by atoms with Gasteiger partial charge in [-0.1, -0.05) is 12.8 Å². The third-order valence-corrected chi connectivity index (χ3v) is 4.21. The molecule has 2 heterocycles. The van der Waals surface area contributed by atoms with Crippen molar-refractivity contribution in [1.82, 2.24) is 20.0 Å². The fourth-order valence-corrected chi connectivity index (χ4v) is 2.97. The zero-order valence-corrected chi connectivity index (χ0v) is 13.2. The van der Waals surface area contributed by atoms with Gasteiger partial charge in [-0.25, -0.2) is 0 Å². The van der Waals surface area contributed by atoms with Gasteiger partial charge in [0, 0.05) is 29.9 Å². The molecule has 22 heavy (non-hydrogen) atoms. The highest BCUT2D eigenvalue weighted by atomic mass is 16.1. The van der Waals surface area contributed by atoms with E-state index in [1.165, 1.54) is 25.7 Å². The predicted molar refractivity (Wildman–Crippen MR) is 84.7 cm³/mol. The summed E-state index contributed by atoms with van der Waals surface area (Å²) in [6.45, 7) is 4.12. The summed E-state index contributed by atoms with van der Waals surface area (Å²) in [6, 6.07) is 2.27. The Labute approximate surface area is 130 Å². The van der Waals surface area contributed by atoms with E-state index in [2.05, 4.69) is 34.5 Å². The third kappa shape index (κ3) is 3.37. The molecular formula is C16H23N5O. The monoisotopic (exact) mass is 301 g/mol. The minimum absolute atomic E-state index is 0.0622. The van der Waals surface area contributed by atoms with Crippen LogP contribution in [0, 0.1) is 0 Å². The van der Waals surface area contributed by atoms with Crippen LogP contribution in [0.1, 0.15) is 62.7 Å². The maximum Gasteiger partial charge on any atom is 0.230 e. The highest BCUT2D eigenvalue weighted by molar-refractivity contribution is 5.91. The van der Waals surface area contributed by atoms with Crippen LogP contribution in [0.2, 0.25) is 0 Å². The van der Waals surface area contributed by atoms with Crippen LogP contribution in [0.3, 0.4) is 0 Å². The average molecular weight is 301 g/mol. The minimum Gasteiger partial charge on any atom is -0.309 e. The van der Waals surface area contributed by atoms with Crippen LogP contribution in [0.5, 0.6) is 0 Å². The van der Waals surface area contributed by atoms with Crippen molar-refractivity contribution in [2.45, 2.75) is 57.9 Å². The van der Waals surface area contributed by atoms with Crippen LogP contribution >= 0.6 is 0 Å². The largest absolute Gasteiger partial charge is 0.309 e. The van der Waals surface area contributed by atoms with Gasteiger partial charge in [0.2, 0.25) is 5.91 Å². The number of nitrogens with zero attached hydrogens (tertiary/aromatic N) is 3. The number of rotatable bonds is 5. The molecule has 0 spiro atoms. The summed E-state index contributed by atoms with van der Waals surface area (Å²) in [4.78, 5) is 12.1. The van der Waals surface area contributed by atoms with E-state index in [4.69, 9.17) is 0 Å². The maximum absolute atomic E-state index is 12.1. The molecule has 118 valence electrons. The van der Waals surface area contributed by atoms with Crippen LogP contribution in [0.15, 0.2) is 18.5 Å². The van der Waals surface area contributed by atoms with Crippen molar-refractivity contribution in [3.05, 3.63) is 29.7 Å². The number of aromatic amines is 1. The fraction of sp³-hybridized carbons (Fsp3) is 0.562. The maximum atomic E-state index is 12.1. The number of aromatic nitrogens is 4. The van der Waals surface area contributed by atoms with E-state index >= 15 is 0 Å². The molecule has 6 heteroatoms. The van der Waals surface area contributed by atoms with Crippen LogP contribution in [-0.2, 0) is 11.2 Å². The molecule has 0 unspecified atom stereocenters. The lowest BCUT2D eigenvalue weighted by atomic mass is 10.0. The second-order valence-electron chi connectivity index (χ2n) is 6.34. The molecular weight excluding hydrogens is 278 g/mol. The topological polar surface area (TPSA) is 75.6 Å². The first kappa shape index (κ1) is 14.8. The highest BCUT2D eigenvalue weighted by Gasteiger charge is 2.19. The number of carbonyl (C=O) groups excluding carboxylic acids is 1. The molecule has 0 atom stereocenters. The Morgan fingerprint density at radius 2 is 2.23 bits per heavy atom. The summed E-state index contributed by atoms with van der Waals surface area (Å²) < 4.78 is 1.86. The molecule has 0 radical (unpaired) electrons. The number of hydrogen-bond acceptors (Lipinski definition) is 3. The molecule has 2 aromatic heterocycles. The van der Waals surface area contributed by atoms with Crippen molar-refractivity contribution in [3.63, 3.8) is 0 Å². The molecule has 1 saturated carbocycles. The van der Waals surface area contributed by atoms with Gasteiger partial charge in [-0.05, 0) is 32.3 Å². The molecule has 0 aliphatic heterocycles. The molecule has 1 fully saturated rings. The number of H-pyrrole nitrogens is 1. The summed E-state index contributed by atoms with van der Waals surface area (Å²) in [5.74, 6) is 1.12. The van der Waals surface area contributed by atoms with Crippen molar-refractivity contribution in [2.75, 3.05) is 5.32 Å². The molecule has 0 saturated heterocycles. The quantitative estimate of drug-likeness (QED) is 0.891. The van der Waals surface area contributed by atoms with E-state index in [9.17, 15) is 4.79 Å². The zero-order valence-electron chi connectivity index (χ0n) is 13.2. The Hall–Kier alpha value is -2.11. The Morgan fingerprint density at radius 1 is 1.45 bits per heavy atom. The van der Waals surface area contributed by atoms with E-state index in [1.54, 1.807) is 6.20 Å². The summed E-state index contributed by atoms with van der Waals surface area (Å²) >= 11 is 0. The normalized spacial score (nSPS) is 15.6. The second kappa shape index (κ2) is 6.34. The molecule has 0 bridgehead atoms. The lowest BCUT2D eigenvalue weighted by Gasteiger charge is -2.04. The van der Waals surface area contributed by atoms with Crippen molar-refractivity contribution in [2.24, 2.45) is 0 Å². The number of carbonyl (C=O) groups is 1. The van der Waals surface area contributed by atoms with Crippen molar-refractivity contribution >= 4 is 11.7 Å². The molecule has 2 aromatic rings. The molecule has 1 aliphatic rings. The Morgan fingerprint density at radius 3 is 2.91 bits per heavy atom. The second-order valence-corrected chi connectivity index (χ2v) is 6.34. The van der Waals surface area contributed by atoms with E-state index < -0.39 is 0 Å². The number of hydrogen-bond donors (Lipinski definition) is 2. The SMILES string of the molecule is CC(C)n1cc(CC(=O)Nc2cc(C3CCCC3)[nH]n2)cn1. The third-order valence-electron chi connectivity index (χ3n) is 4.21. The molecule has 1 aliphatic carbocycles. The molecule has 1 amide bonds. The Bertz CT molecular complexity index is 637. The zero-order chi connectivity index (χ0) is 15.5. The van der Waals surface area contributed by atoms with Gasteiger partial charge < -0.3 is 5.32 Å². The van der Waals surface area contributed by atoms with E-state index in [1.807, 2.05) is 16.9 Å².